The fourth-order valence-electron chi connectivity index (χ4n) is 0.421. The van der Waals surface area contributed by atoms with Crippen LogP contribution in [0.3, 0.4) is 0 Å². The quantitative estimate of drug-likeness (QED) is 0.302. The second-order valence-corrected chi connectivity index (χ2v) is 4.36. The summed E-state index contributed by atoms with van der Waals surface area (Å²) in [6.07, 6.45) is -15.1. The third-order valence-electron chi connectivity index (χ3n) is 1.75. The first-order valence-electron chi connectivity index (χ1n) is 6.54. The minimum absolute atomic E-state index is 0.0213. The van der Waals surface area contributed by atoms with E-state index in [9.17, 15) is 49.1 Å². The van der Waals surface area contributed by atoms with Crippen LogP contribution >= 0.6 is 0 Å². The lowest BCUT2D eigenvalue weighted by atomic mass is 10.2. The number of hydrogen-bond donors (Lipinski definition) is 6. The van der Waals surface area contributed by atoms with Gasteiger partial charge in [-0.25, -0.2) is 14.4 Å². The lowest BCUT2D eigenvalue weighted by molar-refractivity contribution is -0.193. The molecule has 11 nitrogen and oxygen atoms in total. The van der Waals surface area contributed by atoms with Gasteiger partial charge in [-0.15, -0.1) is 0 Å². The van der Waals surface area contributed by atoms with Crippen molar-refractivity contribution in [3.63, 3.8) is 0 Å². The number of hydrogen-bond acceptors (Lipinski definition) is 6. The Kier molecular flexibility index (Phi) is 16.6. The number of aliphatic carboxylic acids is 4. The number of nitrogens with two attached hydrogens (primary N) is 2. The van der Waals surface area contributed by atoms with Crippen LogP contribution in [0.25, 0.3) is 0 Å². The molecule has 0 aromatic heterocycles. The van der Waals surface area contributed by atoms with Crippen LogP contribution in [0.4, 0.5) is 39.5 Å². The molecule has 0 radical (unpaired) electrons. The van der Waals surface area contributed by atoms with Crippen molar-refractivity contribution >= 4 is 29.8 Å². The maximum Gasteiger partial charge on any atom is 0.490 e. The minimum Gasteiger partial charge on any atom is -0.480 e. The van der Waals surface area contributed by atoms with Crippen molar-refractivity contribution in [2.75, 3.05) is 0 Å². The second kappa shape index (κ2) is 14.6. The minimum atomic E-state index is -5.08. The molecule has 0 aliphatic carbocycles. The van der Waals surface area contributed by atoms with Crippen LogP contribution in [0.5, 0.6) is 0 Å². The molecule has 0 aromatic carbocycles. The average Bonchev–Trinajstić information content (AvgIpc) is 2.51. The van der Waals surface area contributed by atoms with Gasteiger partial charge >= 0.3 is 42.4 Å². The van der Waals surface area contributed by atoms with E-state index in [1.54, 1.807) is 0 Å². The van der Waals surface area contributed by atoms with Gasteiger partial charge in [-0.2, -0.15) is 39.5 Å². The molecule has 0 rings (SSSR count). The van der Waals surface area contributed by atoms with Gasteiger partial charge in [0.1, 0.15) is 6.04 Å². The van der Waals surface area contributed by atoms with Gasteiger partial charge in [0.15, 0.2) is 0 Å². The number of carboxylic acids is 4. The molecule has 0 saturated carbocycles. The summed E-state index contributed by atoms with van der Waals surface area (Å²) in [5.74, 6) is -9.91. The summed E-state index contributed by atoms with van der Waals surface area (Å²) in [4.78, 5) is 46.8. The third-order valence-corrected chi connectivity index (χ3v) is 1.75. The number of carboxylic acid groups (broad SMARTS) is 4. The van der Waals surface area contributed by atoms with E-state index < -0.39 is 54.4 Å². The van der Waals surface area contributed by atoms with Crippen LogP contribution < -0.4 is 11.5 Å². The Bertz CT molecular complexity index is 558. The van der Waals surface area contributed by atoms with E-state index in [0.717, 1.165) is 0 Å². The number of carbonyl (C=O) groups is 5. The molecular formula is C11H13F9N2O9. The first kappa shape index (κ1) is 35.1. The van der Waals surface area contributed by atoms with Crippen LogP contribution in [0.15, 0.2) is 0 Å². The van der Waals surface area contributed by atoms with E-state index in [1.807, 2.05) is 0 Å². The highest BCUT2D eigenvalue weighted by atomic mass is 19.4. The van der Waals surface area contributed by atoms with Crippen LogP contribution in [-0.4, -0.2) is 74.8 Å². The lowest BCUT2D eigenvalue weighted by Gasteiger charge is -2.01. The molecule has 8 N–H and O–H groups in total. The Hall–Kier alpha value is -3.32. The van der Waals surface area contributed by atoms with Gasteiger partial charge in [-0.3, -0.25) is 9.59 Å². The summed E-state index contributed by atoms with van der Waals surface area (Å²) < 4.78 is 95.2. The van der Waals surface area contributed by atoms with E-state index in [-0.39, 0.29) is 12.8 Å². The summed E-state index contributed by atoms with van der Waals surface area (Å²) in [5, 5.41) is 29.6. The van der Waals surface area contributed by atoms with E-state index >= 15 is 0 Å². The highest BCUT2D eigenvalue weighted by molar-refractivity contribution is 5.77. The van der Waals surface area contributed by atoms with Crippen molar-refractivity contribution in [3.05, 3.63) is 0 Å². The van der Waals surface area contributed by atoms with Gasteiger partial charge in [0.25, 0.3) is 0 Å². The topological polar surface area (TPSA) is 218 Å². The number of carbonyl (C=O) groups excluding carboxylic acids is 1. The molecule has 0 aliphatic rings. The van der Waals surface area contributed by atoms with Crippen molar-refractivity contribution in [2.24, 2.45) is 11.5 Å². The molecule has 20 heteroatoms. The third kappa shape index (κ3) is 29.0. The fourth-order valence-corrected chi connectivity index (χ4v) is 0.421. The van der Waals surface area contributed by atoms with Gasteiger partial charge in [-0.05, 0) is 6.42 Å². The van der Waals surface area contributed by atoms with Gasteiger partial charge in [0, 0.05) is 6.42 Å². The Morgan fingerprint density at radius 3 is 0.935 bits per heavy atom. The van der Waals surface area contributed by atoms with Crippen molar-refractivity contribution in [1.29, 1.82) is 0 Å². The molecule has 0 aliphatic heterocycles. The number of amides is 1. The van der Waals surface area contributed by atoms with Gasteiger partial charge < -0.3 is 31.9 Å². The highest BCUT2D eigenvalue weighted by Gasteiger charge is 2.39. The number of alkyl halides is 9. The maximum atomic E-state index is 10.6. The summed E-state index contributed by atoms with van der Waals surface area (Å²) in [6.45, 7) is 0. The molecule has 0 fully saturated rings. The first-order valence-corrected chi connectivity index (χ1v) is 6.54. The molecule has 1 atom stereocenters. The molecular weight excluding hydrogens is 475 g/mol. The summed E-state index contributed by atoms with van der Waals surface area (Å²) >= 11 is 0. The normalized spacial score (nSPS) is 11.7. The SMILES string of the molecule is NC(=O)CC[C@H](N)C(=O)O.O=C(O)C(F)(F)F.O=C(O)C(F)(F)F.O=C(O)C(F)(F)F. The highest BCUT2D eigenvalue weighted by Crippen LogP contribution is 2.14. The van der Waals surface area contributed by atoms with Gasteiger partial charge in [-0.1, -0.05) is 0 Å². The number of halogens is 9. The predicted molar refractivity (Wildman–Crippen MR) is 75.1 cm³/mol. The van der Waals surface area contributed by atoms with Crippen molar-refractivity contribution in [1.82, 2.24) is 0 Å². The first-order chi connectivity index (χ1) is 13.4. The largest absolute Gasteiger partial charge is 0.490 e. The summed E-state index contributed by atoms with van der Waals surface area (Å²) in [7, 11) is 0. The maximum absolute atomic E-state index is 10.6. The summed E-state index contributed by atoms with van der Waals surface area (Å²) in [6, 6.07) is -0.979. The molecule has 0 bridgehead atoms. The molecule has 0 heterocycles. The van der Waals surface area contributed by atoms with Crippen LogP contribution in [0.1, 0.15) is 12.8 Å². The molecule has 184 valence electrons. The monoisotopic (exact) mass is 488 g/mol. The Morgan fingerprint density at radius 2 is 0.839 bits per heavy atom. The van der Waals surface area contributed by atoms with E-state index in [4.69, 9.17) is 46.3 Å². The van der Waals surface area contributed by atoms with Gasteiger partial charge in [0.05, 0.1) is 0 Å². The molecule has 0 spiro atoms. The van der Waals surface area contributed by atoms with Crippen LogP contribution in [-0.2, 0) is 24.0 Å². The van der Waals surface area contributed by atoms with E-state index in [0.29, 0.717) is 0 Å². The summed E-state index contributed by atoms with van der Waals surface area (Å²) in [5.41, 5.74) is 9.81. The standard InChI is InChI=1S/C5H10N2O3.3C2HF3O2/c6-3(5(9)10)1-2-4(7)8;3*3-2(4,5)1(6)7/h3H,1-2,6H2,(H2,7,8)(H,9,10);3*(H,6,7)/t3-;;;/m0.../s1. The Balaban J connectivity index is -0.000000159. The zero-order valence-corrected chi connectivity index (χ0v) is 14.4. The number of primary amides is 1. The fraction of sp³-hybridized carbons (Fsp3) is 0.545. The average molecular weight is 488 g/mol. The van der Waals surface area contributed by atoms with E-state index in [2.05, 4.69) is 0 Å². The predicted octanol–water partition coefficient (Wildman–Crippen LogP) is 0.564. The van der Waals surface area contributed by atoms with Crippen molar-refractivity contribution in [2.45, 2.75) is 37.4 Å². The van der Waals surface area contributed by atoms with Crippen molar-refractivity contribution < 1.29 is 83.9 Å². The van der Waals surface area contributed by atoms with Gasteiger partial charge in [0.2, 0.25) is 5.91 Å². The molecule has 31 heavy (non-hydrogen) atoms. The molecule has 0 unspecified atom stereocenters. The van der Waals surface area contributed by atoms with Crippen LogP contribution in [0, 0.1) is 0 Å². The Morgan fingerprint density at radius 1 is 0.645 bits per heavy atom. The Labute approximate surface area is 164 Å². The molecule has 0 aromatic rings. The zero-order valence-electron chi connectivity index (χ0n) is 14.4. The molecule has 0 saturated heterocycles. The second-order valence-electron chi connectivity index (χ2n) is 4.36. The lowest BCUT2D eigenvalue weighted by Crippen LogP contribution is -2.31. The molecule has 1 amide bonds. The zero-order chi connectivity index (χ0) is 26.4. The van der Waals surface area contributed by atoms with Crippen LogP contribution in [0.2, 0.25) is 0 Å². The van der Waals surface area contributed by atoms with E-state index in [1.165, 1.54) is 0 Å². The smallest absolute Gasteiger partial charge is 0.480 e. The number of rotatable bonds is 4. The van der Waals surface area contributed by atoms with Crippen molar-refractivity contribution in [3.8, 4) is 0 Å².